The molecule has 0 bridgehead atoms. The third-order valence-electron chi connectivity index (χ3n) is 23.9. The van der Waals surface area contributed by atoms with Crippen molar-refractivity contribution < 1.29 is 93.7 Å². The average molecular weight is 1650 g/mol. The lowest BCUT2D eigenvalue weighted by atomic mass is 9.79. The molecule has 0 radical (unpaired) electrons. The van der Waals surface area contributed by atoms with Crippen molar-refractivity contribution in [1.82, 2.24) is 17.6 Å². The van der Waals surface area contributed by atoms with Crippen LogP contribution in [0.5, 0.6) is 0 Å². The number of hydrogen-bond donors (Lipinski definition) is 4. The second-order valence-corrected chi connectivity index (χ2v) is 33.7. The highest BCUT2D eigenvalue weighted by atomic mass is 35.5. The minimum absolute atomic E-state index is 0.00242. The van der Waals surface area contributed by atoms with Crippen molar-refractivity contribution in [3.05, 3.63) is 163 Å². The van der Waals surface area contributed by atoms with E-state index < -0.39 is 52.5 Å². The van der Waals surface area contributed by atoms with E-state index in [1.807, 2.05) is 62.1 Å². The van der Waals surface area contributed by atoms with Gasteiger partial charge in [0, 0.05) is 188 Å². The van der Waals surface area contributed by atoms with Crippen LogP contribution in [0.15, 0.2) is 97.6 Å². The standard InChI is InChI=1S/C22H26ClF2NO3.2C21H24ClF2NO3.C20H24ClF2NO3/c23-17-2-1-11-26-18(15-4-12-29-13-5-15)14-16(20(17)26)19(27)3-6-21(28)7-9-22(24,25)10-8-21;22-15-4-1-10-25-16(18-5-2-11-28-18)12-14(19(15)25)17(26)6-9-20(27)7-3-8-21(23,24)13-20;22-16-2-1-10-25-18(20(27)9-11-28-13-20)12-15(19(16)25)17(26)4-3-14-5-7-21(23,24)8-6-14;1-27-12-5-14-13-15(18-16(21)3-2-11-24(14)18)17(25)4-6-19(26)7-9-20(22,23)10-8-19/h1-2,11,14-15,28H,3-10,12-13H2;1,4,10,12,18,27H,2-3,5-9,11,13H2;1-2,10,12,14,27H,3-9,11,13H2;2-3,11,13,26H,4-10,12H2,1H3. The minimum Gasteiger partial charge on any atom is -0.390 e. The Hall–Kier alpha value is -6.00. The van der Waals surface area contributed by atoms with Gasteiger partial charge in [0.25, 0.3) is 5.92 Å². The summed E-state index contributed by atoms with van der Waals surface area (Å²) in [5.74, 6) is -10.9. The molecule has 4 N–H and O–H groups in total. The van der Waals surface area contributed by atoms with Gasteiger partial charge in [0.05, 0.1) is 89.7 Å². The van der Waals surface area contributed by atoms with E-state index in [-0.39, 0.29) is 164 Å². The first-order valence-electron chi connectivity index (χ1n) is 39.1. The van der Waals surface area contributed by atoms with Crippen LogP contribution in [0, 0.1) is 5.92 Å². The van der Waals surface area contributed by atoms with Crippen LogP contribution in [0.2, 0.25) is 20.1 Å². The summed E-state index contributed by atoms with van der Waals surface area (Å²) in [7, 11) is 1.61. The molecule has 16 nitrogen and oxygen atoms in total. The molecule has 4 saturated carbocycles. The van der Waals surface area contributed by atoms with Crippen LogP contribution in [-0.2, 0) is 31.0 Å². The maximum atomic E-state index is 13.7. The molecule has 3 atom stereocenters. The van der Waals surface area contributed by atoms with E-state index in [4.69, 9.17) is 65.4 Å². The molecule has 7 aliphatic rings. The molecule has 8 aromatic heterocycles. The van der Waals surface area contributed by atoms with Gasteiger partial charge in [-0.05, 0) is 181 Å². The maximum Gasteiger partial charge on any atom is 0.250 e. The van der Waals surface area contributed by atoms with Crippen LogP contribution >= 0.6 is 46.4 Å². The fourth-order valence-corrected chi connectivity index (χ4v) is 18.3. The number of hydrogen-bond acceptors (Lipinski definition) is 12. The number of methoxy groups -OCH3 is 1. The zero-order valence-electron chi connectivity index (χ0n) is 62.8. The molecule has 11 heterocycles. The smallest absolute Gasteiger partial charge is 0.250 e. The van der Waals surface area contributed by atoms with Crippen LogP contribution in [0.1, 0.15) is 262 Å². The molecule has 8 aromatic rings. The predicted molar refractivity (Wildman–Crippen MR) is 412 cm³/mol. The van der Waals surface area contributed by atoms with Crippen LogP contribution in [0.25, 0.3) is 22.1 Å². The van der Waals surface area contributed by atoms with E-state index in [1.54, 1.807) is 60.2 Å². The highest BCUT2D eigenvalue weighted by molar-refractivity contribution is 6.36. The largest absolute Gasteiger partial charge is 0.390 e. The fraction of sp³-hybridized carbons (Fsp3) is 0.571. The number of fused-ring (bicyclic) bond motifs is 4. The molecule has 112 heavy (non-hydrogen) atoms. The average Bonchev–Trinajstić information content (AvgIpc) is 1.63. The van der Waals surface area contributed by atoms with E-state index in [2.05, 4.69) is 0 Å². The van der Waals surface area contributed by atoms with Crippen molar-refractivity contribution in [3.63, 3.8) is 0 Å². The Labute approximate surface area is 665 Å². The monoisotopic (exact) mass is 1650 g/mol. The zero-order chi connectivity index (χ0) is 80.2. The summed E-state index contributed by atoms with van der Waals surface area (Å²) >= 11 is 25.5. The van der Waals surface area contributed by atoms with Crippen LogP contribution in [0.4, 0.5) is 35.1 Å². The molecule has 0 aromatic carbocycles. The summed E-state index contributed by atoms with van der Waals surface area (Å²) in [5, 5.41) is 44.6. The van der Waals surface area contributed by atoms with Crippen molar-refractivity contribution >= 4 is 91.6 Å². The summed E-state index contributed by atoms with van der Waals surface area (Å²) in [5.41, 5.74) is 2.89. The number of rotatable bonds is 22. The van der Waals surface area contributed by atoms with Crippen LogP contribution in [0.3, 0.4) is 0 Å². The lowest BCUT2D eigenvalue weighted by Gasteiger charge is -2.36. The fourth-order valence-electron chi connectivity index (χ4n) is 17.2. The molecular formula is C84H98Cl4F8N4O12. The van der Waals surface area contributed by atoms with Crippen molar-refractivity contribution in [2.45, 2.75) is 251 Å². The van der Waals surface area contributed by atoms with E-state index in [1.165, 1.54) is 0 Å². The Kier molecular flexibility index (Phi) is 27.0. The Balaban J connectivity index is 0.000000139. The lowest BCUT2D eigenvalue weighted by molar-refractivity contribution is -0.126. The van der Waals surface area contributed by atoms with E-state index in [9.17, 15) is 74.7 Å². The Morgan fingerprint density at radius 3 is 1.42 bits per heavy atom. The Morgan fingerprint density at radius 2 is 0.920 bits per heavy atom. The molecule has 0 amide bonds. The highest BCUT2D eigenvalue weighted by Gasteiger charge is 2.47. The second kappa shape index (κ2) is 35.4. The molecule has 0 spiro atoms. The van der Waals surface area contributed by atoms with Gasteiger partial charge in [0.1, 0.15) is 5.60 Å². The number of aromatic nitrogens is 4. The summed E-state index contributed by atoms with van der Waals surface area (Å²) in [6.07, 6.45) is 12.8. The van der Waals surface area contributed by atoms with Gasteiger partial charge >= 0.3 is 0 Å². The number of ketones is 4. The first kappa shape index (κ1) is 85.4. The summed E-state index contributed by atoms with van der Waals surface area (Å²) in [6, 6.07) is 21.4. The van der Waals surface area contributed by atoms with E-state index in [0.29, 0.717) is 148 Å². The SMILES string of the molecule is COCCc1cc(C(=O)CCC2(O)CCC(F)(F)CC2)c2c(Cl)cccn12.O=C(CCC1(O)CCC(F)(F)CC1)c1cc(C2CCOCC2)n2cccc(Cl)c12.O=C(CCC1(O)CCCC(F)(F)C1)c1cc(C2CCCO2)n2cccc(Cl)c12.O=C(CCC1CCC(F)(F)CC1)c1cc(C2(O)CCOC2)n2cccc(Cl)c12. The molecule has 3 saturated heterocycles. The summed E-state index contributed by atoms with van der Waals surface area (Å²) < 4.78 is 137. The zero-order valence-corrected chi connectivity index (χ0v) is 65.8. The predicted octanol–water partition coefficient (Wildman–Crippen LogP) is 20.4. The molecule has 15 rings (SSSR count). The Morgan fingerprint density at radius 1 is 0.464 bits per heavy atom. The van der Waals surface area contributed by atoms with Gasteiger partial charge in [-0.2, -0.15) is 0 Å². The third-order valence-corrected chi connectivity index (χ3v) is 25.1. The lowest BCUT2D eigenvalue weighted by Crippen LogP contribution is -2.41. The number of Topliss-reactive ketones (excluding diaryl/α,β-unsaturated/α-hetero) is 4. The van der Waals surface area contributed by atoms with Crippen LogP contribution in [-0.4, -0.2) is 148 Å². The van der Waals surface area contributed by atoms with Crippen LogP contribution < -0.4 is 0 Å². The number of carbonyl (C=O) groups is 4. The number of aliphatic hydroxyl groups is 4. The first-order valence-corrected chi connectivity index (χ1v) is 40.6. The quantitative estimate of drug-likeness (QED) is 0.0370. The van der Waals surface area contributed by atoms with E-state index in [0.717, 1.165) is 42.8 Å². The molecule has 4 aliphatic carbocycles. The van der Waals surface area contributed by atoms with Gasteiger partial charge in [0.2, 0.25) is 17.8 Å². The molecule has 7 fully saturated rings. The van der Waals surface area contributed by atoms with Gasteiger partial charge < -0.3 is 57.0 Å². The topological polar surface area (TPSA) is 204 Å². The maximum absolute atomic E-state index is 13.7. The van der Waals surface area contributed by atoms with Gasteiger partial charge in [-0.25, -0.2) is 35.1 Å². The minimum atomic E-state index is -2.87. The second-order valence-electron chi connectivity index (χ2n) is 32.0. The molecule has 610 valence electrons. The normalized spacial score (nSPS) is 23.4. The van der Waals surface area contributed by atoms with Crippen molar-refractivity contribution in [2.75, 3.05) is 46.8 Å². The first-order chi connectivity index (χ1) is 53.1. The van der Waals surface area contributed by atoms with E-state index >= 15 is 0 Å². The van der Waals surface area contributed by atoms with Gasteiger partial charge in [-0.1, -0.05) is 46.4 Å². The van der Waals surface area contributed by atoms with Crippen molar-refractivity contribution in [2.24, 2.45) is 5.92 Å². The number of pyridine rings is 4. The van der Waals surface area contributed by atoms with Crippen molar-refractivity contribution in [1.29, 1.82) is 0 Å². The summed E-state index contributed by atoms with van der Waals surface area (Å²) in [4.78, 5) is 51.9. The number of ether oxygens (including phenoxy) is 4. The highest BCUT2D eigenvalue weighted by Crippen LogP contribution is 2.47. The molecule has 3 unspecified atom stereocenters. The molecule has 28 heteroatoms. The van der Waals surface area contributed by atoms with Crippen molar-refractivity contribution in [3.8, 4) is 0 Å². The van der Waals surface area contributed by atoms with Gasteiger partial charge in [-0.15, -0.1) is 0 Å². The Bertz CT molecular complexity index is 4640. The third kappa shape index (κ3) is 20.3. The summed E-state index contributed by atoms with van der Waals surface area (Å²) in [6.45, 7) is 3.22. The number of nitrogens with zero attached hydrogens (tertiary/aromatic N) is 4. The van der Waals surface area contributed by atoms with Gasteiger partial charge in [-0.3, -0.25) is 19.2 Å². The number of halogens is 12. The number of alkyl halides is 8. The molecule has 3 aliphatic heterocycles. The number of carbonyl (C=O) groups excluding carboxylic acids is 4. The molecular weight excluding hydrogens is 1550 g/mol. The van der Waals surface area contributed by atoms with Gasteiger partial charge in [0.15, 0.2) is 23.1 Å².